The van der Waals surface area contributed by atoms with Gasteiger partial charge in [0.1, 0.15) is 29.4 Å². The number of nitrogens with zero attached hydrogens (tertiary/aromatic N) is 3. The highest BCUT2D eigenvalue weighted by Gasteiger charge is 2.58. The Balaban J connectivity index is 1.28. The molecule has 2 fully saturated rings. The zero-order valence-corrected chi connectivity index (χ0v) is 27.2. The average Bonchev–Trinajstić information content (AvgIpc) is 3.67. The van der Waals surface area contributed by atoms with Crippen LogP contribution in [0.1, 0.15) is 43.5 Å². The molecule has 2 saturated heterocycles. The van der Waals surface area contributed by atoms with Crippen molar-refractivity contribution in [2.24, 2.45) is 5.16 Å². The van der Waals surface area contributed by atoms with Crippen LogP contribution in [0.2, 0.25) is 0 Å². The average molecular weight is 711 g/mol. The lowest BCUT2D eigenvalue weighted by molar-refractivity contribution is -0.218. The second kappa shape index (κ2) is 13.6. The highest BCUT2D eigenvalue weighted by Crippen LogP contribution is 2.33. The number of carboxylic acids is 1. The van der Waals surface area contributed by atoms with Crippen molar-refractivity contribution in [2.45, 2.75) is 69.0 Å². The lowest BCUT2D eigenvalue weighted by Crippen LogP contribution is -2.76. The van der Waals surface area contributed by atoms with E-state index in [0.717, 1.165) is 16.9 Å². The van der Waals surface area contributed by atoms with Gasteiger partial charge in [-0.15, -0.1) is 15.6 Å². The Hall–Kier alpha value is -4.41. The van der Waals surface area contributed by atoms with Crippen molar-refractivity contribution >= 4 is 56.2 Å². The number of rotatable bonds is 12. The molecule has 0 aliphatic carbocycles. The summed E-state index contributed by atoms with van der Waals surface area (Å²) in [7, 11) is -5.03. The Labute approximate surface area is 277 Å². The monoisotopic (exact) mass is 710 g/mol. The van der Waals surface area contributed by atoms with Crippen molar-refractivity contribution in [1.82, 2.24) is 26.0 Å². The number of ether oxygens (including phenoxy) is 1. The molecular weight excluding hydrogens is 676 g/mol. The van der Waals surface area contributed by atoms with E-state index in [2.05, 4.69) is 30.4 Å². The number of fused-ring (bicyclic) bond motifs is 1. The molecule has 3 aliphatic heterocycles. The number of nitrogen functional groups attached to an aromatic ring is 1. The number of amidine groups is 1. The fourth-order valence-corrected chi connectivity index (χ4v) is 6.54. The fraction of sp³-hybridized carbons (Fsp3) is 0.481. The number of oxime groups is 1. The number of aliphatic hydroxyl groups is 1. The first kappa shape index (κ1) is 34.9. The predicted molar refractivity (Wildman–Crippen MR) is 167 cm³/mol. The molecule has 1 aromatic heterocycles. The van der Waals surface area contributed by atoms with Crippen molar-refractivity contribution < 1.29 is 51.4 Å². The lowest BCUT2D eigenvalue weighted by Gasteiger charge is -2.50. The number of β-lactam (4-membered cyclic amide) rings is 1. The topological polar surface area (TPSA) is 288 Å². The van der Waals surface area contributed by atoms with Crippen LogP contribution in [0.3, 0.4) is 0 Å². The minimum Gasteiger partial charge on any atom is -0.485 e. The number of aliphatic hydroxyl groups excluding tert-OH is 1. The van der Waals surface area contributed by atoms with E-state index in [1.54, 1.807) is 18.2 Å². The van der Waals surface area contributed by atoms with E-state index in [-0.39, 0.29) is 41.8 Å². The number of aliphatic carboxylic acids is 1. The number of nitrogens with one attached hydrogen (secondary N) is 4. The van der Waals surface area contributed by atoms with Gasteiger partial charge in [-0.3, -0.25) is 19.6 Å². The largest absolute Gasteiger partial charge is 0.485 e. The van der Waals surface area contributed by atoms with Crippen LogP contribution in [-0.2, 0) is 40.3 Å². The van der Waals surface area contributed by atoms with Crippen molar-refractivity contribution in [3.05, 3.63) is 40.4 Å². The number of thiazole rings is 1. The maximum atomic E-state index is 13.3. The first-order chi connectivity index (χ1) is 22.6. The van der Waals surface area contributed by atoms with E-state index in [1.165, 1.54) is 19.2 Å². The number of nitrogens with two attached hydrogens (primary N) is 1. The first-order valence-electron chi connectivity index (χ1n) is 14.6. The minimum absolute atomic E-state index is 0.0116. The fourth-order valence-electron chi connectivity index (χ4n) is 5.54. The number of carboxylic acid groups (broad SMARTS) is 1. The standard InChI is InChI=1S/C27H34N8O11S2/c1-27(2)21(24(38)35(27)46-48(41,42)43)33-23(37)19(16-11-47-26(29)32-16)34-45-20(25(39)40)18-6-3-12-7-13(4-5-17(12)44-18)22(28)31-14-8-15(10-36)30-9-14/h4-5,7,11,14-15,18,20-21,30,36H,3,6,8-10H2,1-2H3,(H2,28,31)(H2,29,32)(H,33,37)(H,39,40)(H,41,42,43)/b34-19-/t14-,15-,18+,20-,21+/m0/s1. The minimum atomic E-state index is -5.03. The number of amides is 2. The third kappa shape index (κ3) is 7.50. The van der Waals surface area contributed by atoms with E-state index in [4.69, 9.17) is 25.3 Å². The number of hydrogen-bond donors (Lipinski definition) is 8. The number of carbonyl (C=O) groups excluding carboxylic acids is 2. The lowest BCUT2D eigenvalue weighted by atomic mass is 9.84. The third-order valence-corrected chi connectivity index (χ3v) is 9.07. The number of hydroxylamine groups is 2. The van der Waals surface area contributed by atoms with Gasteiger partial charge in [0, 0.05) is 29.6 Å². The molecule has 48 heavy (non-hydrogen) atoms. The molecule has 0 spiro atoms. The van der Waals surface area contributed by atoms with E-state index >= 15 is 0 Å². The predicted octanol–water partition coefficient (Wildman–Crippen LogP) is -1.23. The van der Waals surface area contributed by atoms with Crippen molar-refractivity contribution in [3.63, 3.8) is 0 Å². The van der Waals surface area contributed by atoms with Gasteiger partial charge in [0.05, 0.1) is 12.1 Å². The van der Waals surface area contributed by atoms with Crippen LogP contribution in [0, 0.1) is 5.41 Å². The van der Waals surface area contributed by atoms with Crippen molar-refractivity contribution in [1.29, 1.82) is 5.41 Å². The summed E-state index contributed by atoms with van der Waals surface area (Å²) < 4.78 is 41.5. The molecule has 2 amide bonds. The Morgan fingerprint density at radius 2 is 2.10 bits per heavy atom. The van der Waals surface area contributed by atoms with Gasteiger partial charge in [-0.25, -0.2) is 9.78 Å². The molecule has 3 aliphatic rings. The molecule has 0 saturated carbocycles. The Morgan fingerprint density at radius 1 is 1.35 bits per heavy atom. The number of anilines is 1. The number of hydrogen-bond acceptors (Lipinski definition) is 15. The number of aryl methyl sites for hydroxylation is 1. The zero-order chi connectivity index (χ0) is 35.0. The smallest absolute Gasteiger partial charge is 0.418 e. The molecule has 260 valence electrons. The van der Waals surface area contributed by atoms with Gasteiger partial charge in [0.2, 0.25) is 0 Å². The van der Waals surface area contributed by atoms with Crippen molar-refractivity contribution in [3.8, 4) is 5.75 Å². The molecule has 21 heteroatoms. The van der Waals surface area contributed by atoms with Crippen LogP contribution < -0.4 is 26.4 Å². The summed E-state index contributed by atoms with van der Waals surface area (Å²) in [6.07, 6.45) is -1.48. The number of carbonyl (C=O) groups is 3. The molecule has 2 aromatic rings. The molecule has 4 heterocycles. The quantitative estimate of drug-likeness (QED) is 0.0421. The molecule has 1 aromatic carbocycles. The van der Waals surface area contributed by atoms with Crippen LogP contribution in [-0.4, -0.2) is 112 Å². The first-order valence-corrected chi connectivity index (χ1v) is 16.8. The second-order valence-corrected chi connectivity index (χ2v) is 13.7. The van der Waals surface area contributed by atoms with Gasteiger partial charge in [-0.1, -0.05) is 5.16 Å². The molecule has 19 nitrogen and oxygen atoms in total. The zero-order valence-electron chi connectivity index (χ0n) is 25.6. The summed E-state index contributed by atoms with van der Waals surface area (Å²) in [5.74, 6) is -2.88. The van der Waals surface area contributed by atoms with Gasteiger partial charge in [-0.2, -0.15) is 13.5 Å². The summed E-state index contributed by atoms with van der Waals surface area (Å²) in [4.78, 5) is 47.6. The maximum absolute atomic E-state index is 13.3. The normalized spacial score (nSPS) is 24.1. The third-order valence-electron chi connectivity index (χ3n) is 8.06. The molecule has 0 radical (unpaired) electrons. The number of aromatic nitrogens is 1. The second-order valence-electron chi connectivity index (χ2n) is 11.8. The Kier molecular flexibility index (Phi) is 9.89. The molecular formula is C27H34N8O11S2. The summed E-state index contributed by atoms with van der Waals surface area (Å²) in [5, 5.41) is 42.1. The summed E-state index contributed by atoms with van der Waals surface area (Å²) in [6, 6.07) is 3.70. The van der Waals surface area contributed by atoms with Crippen LogP contribution in [0.5, 0.6) is 5.75 Å². The van der Waals surface area contributed by atoms with Crippen molar-refractivity contribution in [2.75, 3.05) is 18.9 Å². The maximum Gasteiger partial charge on any atom is 0.418 e. The van der Waals surface area contributed by atoms with Crippen LogP contribution in [0.25, 0.3) is 0 Å². The van der Waals surface area contributed by atoms with Gasteiger partial charge >= 0.3 is 16.4 Å². The van der Waals surface area contributed by atoms with Gasteiger partial charge in [-0.05, 0) is 56.9 Å². The highest BCUT2D eigenvalue weighted by atomic mass is 32.3. The molecule has 9 N–H and O–H groups in total. The van der Waals surface area contributed by atoms with E-state index in [1.807, 2.05) is 0 Å². The van der Waals surface area contributed by atoms with Gasteiger partial charge in [0.25, 0.3) is 17.9 Å². The van der Waals surface area contributed by atoms with Crippen LogP contribution in [0.4, 0.5) is 5.13 Å². The van der Waals surface area contributed by atoms with Crippen LogP contribution in [0.15, 0.2) is 28.7 Å². The molecule has 5 atom stereocenters. The Bertz CT molecular complexity index is 1750. The summed E-state index contributed by atoms with van der Waals surface area (Å²) in [6.45, 7) is 3.35. The van der Waals surface area contributed by atoms with E-state index < -0.39 is 57.7 Å². The van der Waals surface area contributed by atoms with E-state index in [0.29, 0.717) is 35.8 Å². The molecule has 5 rings (SSSR count). The highest BCUT2D eigenvalue weighted by molar-refractivity contribution is 7.80. The molecule has 0 unspecified atom stereocenters. The summed E-state index contributed by atoms with van der Waals surface area (Å²) >= 11 is 0.956. The van der Waals surface area contributed by atoms with Crippen LogP contribution >= 0.6 is 11.3 Å². The Morgan fingerprint density at radius 3 is 2.71 bits per heavy atom. The summed E-state index contributed by atoms with van der Waals surface area (Å²) in [5.41, 5.74) is 5.03. The van der Waals surface area contributed by atoms with Gasteiger partial charge in [0.15, 0.2) is 10.8 Å². The SMILES string of the molecule is CC1(C)[C@H](NC(=O)/C(=N\O[C@H](C(=O)O)[C@H]2CCc3cc(C(=N)N[C@@H]4CN[C@H](CO)C4)ccc3O2)c2csc(N)n2)C(=O)N1OS(=O)(=O)O. The van der Waals surface area contributed by atoms with E-state index in [9.17, 15) is 33.0 Å². The molecule has 0 bridgehead atoms. The number of benzene rings is 1. The van der Waals surface area contributed by atoms with Gasteiger partial charge < -0.3 is 41.5 Å².